The lowest BCUT2D eigenvalue weighted by atomic mass is 10.5. The van der Waals surface area contributed by atoms with Gasteiger partial charge in [-0.1, -0.05) is 0 Å². The summed E-state index contributed by atoms with van der Waals surface area (Å²) in [7, 11) is -24.7. The zero-order chi connectivity index (χ0) is 34.2. The Kier molecular flexibility index (Phi) is 22.5. The third-order valence-corrected chi connectivity index (χ3v) is 43.4. The van der Waals surface area contributed by atoms with Crippen LogP contribution in [-0.2, 0) is 70.9 Å². The average Bonchev–Trinajstić information content (AvgIpc) is 2.93. The first-order valence-electron chi connectivity index (χ1n) is 16.1. The lowest BCUT2D eigenvalue weighted by molar-refractivity contribution is 0.126. The van der Waals surface area contributed by atoms with Crippen molar-refractivity contribution >= 4 is 143 Å². The van der Waals surface area contributed by atoms with E-state index in [2.05, 4.69) is 26.9 Å². The van der Waals surface area contributed by atoms with Crippen molar-refractivity contribution < 1.29 is 70.9 Å². The van der Waals surface area contributed by atoms with E-state index in [4.69, 9.17) is 70.9 Å². The fraction of sp³-hybridized carbons (Fsp3) is 1.00. The molecule has 278 valence electrons. The molecule has 0 aromatic heterocycles. The highest BCUT2D eigenvalue weighted by Gasteiger charge is 2.40. The average molecular weight is 930 g/mol. The van der Waals surface area contributed by atoms with E-state index in [-0.39, 0.29) is 18.3 Å². The topological polar surface area (TPSA) is 157 Å². The van der Waals surface area contributed by atoms with Crippen LogP contribution in [0, 0.1) is 0 Å². The minimum absolute atomic E-state index is 0.102. The molecule has 0 amide bonds. The molecule has 3 rings (SSSR count). The van der Waals surface area contributed by atoms with Crippen molar-refractivity contribution in [2.24, 2.45) is 0 Å². The lowest BCUT2D eigenvalue weighted by Crippen LogP contribution is -2.53. The first-order valence-corrected chi connectivity index (χ1v) is 41.0. The molecule has 0 aromatic carbocycles. The van der Waals surface area contributed by atoms with Crippen LogP contribution >= 0.6 is 0 Å². The first-order chi connectivity index (χ1) is 22.4. The van der Waals surface area contributed by atoms with Gasteiger partial charge in [-0.3, -0.25) is 0 Å². The molecule has 0 aromatic rings. The van der Waals surface area contributed by atoms with Crippen LogP contribution in [0.3, 0.4) is 0 Å². The molecule has 0 spiro atoms. The van der Waals surface area contributed by atoms with Gasteiger partial charge >= 0.3 is 46.4 Å². The Morgan fingerprint density at radius 2 is 0.936 bits per heavy atom. The smallest absolute Gasteiger partial charge is 0.441 e. The Balaban J connectivity index is 1.24. The predicted octanol–water partition coefficient (Wildman–Crippen LogP) is -6.05. The van der Waals surface area contributed by atoms with Crippen LogP contribution in [0.1, 0.15) is 20.8 Å². The number of hydrogen-bond donors (Lipinski definition) is 0. The van der Waals surface area contributed by atoms with E-state index >= 15 is 0 Å². The van der Waals surface area contributed by atoms with Gasteiger partial charge < -0.3 is 70.9 Å². The molecule has 0 radical (unpaired) electrons. The third-order valence-electron chi connectivity index (χ3n) is 6.83. The van der Waals surface area contributed by atoms with Crippen molar-refractivity contribution in [3.63, 3.8) is 0 Å². The highest BCUT2D eigenvalue weighted by molar-refractivity contribution is 6.77. The summed E-state index contributed by atoms with van der Waals surface area (Å²) in [4.78, 5) is 0. The van der Waals surface area contributed by atoms with Crippen LogP contribution in [0.15, 0.2) is 0 Å². The van der Waals surface area contributed by atoms with Crippen molar-refractivity contribution in [2.45, 2.75) is 96.5 Å². The zero-order valence-electron chi connectivity index (χ0n) is 29.2. The maximum atomic E-state index is 6.40. The molecule has 0 aliphatic carbocycles. The van der Waals surface area contributed by atoms with Crippen LogP contribution in [-0.4, -0.2) is 161 Å². The third kappa shape index (κ3) is 19.5. The molecule has 17 nitrogen and oxygen atoms in total. The first kappa shape index (κ1) is 44.0. The Morgan fingerprint density at radius 1 is 0.532 bits per heavy atom. The molecule has 3 heterocycles. The SMILES string of the molecule is CC1C[SiH](C)O[SiH](C)O[SiH](O[SiH2]O[SiH2]O[SiH2]O[SiH]2OC(C)C[Si](C)(O[SiH2]O[SiH2]O[SiH2]O[SiH]3OC(C)C[SiH](C)O[SiH](C)O3)O[SiH](C)O2)O1. The standard InChI is InChI=1S/C15H56O17Si15/c1-13-10-39(4)27-41(6)29-44(16-13)23-35-19-33-20-36-25-46-18-15(3)12-47(9,32-43(8)31-46)26-38-22-34-21-37-24-45-17-14(2)11-40(5)28-42(7)30-45/h13-15,39-46H,10-12,33-38H2,1-9H3. The normalized spacial score (nSPS) is 41.2. The summed E-state index contributed by atoms with van der Waals surface area (Å²) in [5, 5.41) is 0. The van der Waals surface area contributed by atoms with Gasteiger partial charge in [0.05, 0.1) is 0 Å². The predicted molar refractivity (Wildman–Crippen MR) is 211 cm³/mol. The summed E-state index contributed by atoms with van der Waals surface area (Å²) in [5.41, 5.74) is 0. The fourth-order valence-corrected chi connectivity index (χ4v) is 43.3. The minimum atomic E-state index is -2.53. The van der Waals surface area contributed by atoms with E-state index in [1.807, 2.05) is 33.1 Å². The Labute approximate surface area is 308 Å². The highest BCUT2D eigenvalue weighted by atomic mass is 28.5. The van der Waals surface area contributed by atoms with Gasteiger partial charge in [-0.05, 0) is 72.1 Å². The molecule has 12 atom stereocenters. The summed E-state index contributed by atoms with van der Waals surface area (Å²) in [5.74, 6) is 0. The van der Waals surface area contributed by atoms with Crippen LogP contribution in [0.25, 0.3) is 0 Å². The molecule has 47 heavy (non-hydrogen) atoms. The van der Waals surface area contributed by atoms with Crippen molar-refractivity contribution in [1.82, 2.24) is 0 Å². The van der Waals surface area contributed by atoms with E-state index < -0.39 is 143 Å². The monoisotopic (exact) mass is 928 g/mol. The van der Waals surface area contributed by atoms with E-state index in [1.165, 1.54) is 0 Å². The zero-order valence-corrected chi connectivity index (χ0v) is 47.9. The molecule has 0 bridgehead atoms. The molecular formula is C15H56O17Si15. The van der Waals surface area contributed by atoms with E-state index in [9.17, 15) is 0 Å². The Morgan fingerprint density at radius 3 is 1.40 bits per heavy atom. The molecule has 3 aliphatic rings. The van der Waals surface area contributed by atoms with Gasteiger partial charge in [-0.25, -0.2) is 0 Å². The van der Waals surface area contributed by atoms with E-state index in [0.29, 0.717) is 6.04 Å². The van der Waals surface area contributed by atoms with Gasteiger partial charge in [0, 0.05) is 24.4 Å². The summed E-state index contributed by atoms with van der Waals surface area (Å²) < 4.78 is 102. The van der Waals surface area contributed by atoms with Crippen LogP contribution in [0.2, 0.25) is 57.4 Å². The molecule has 3 fully saturated rings. The van der Waals surface area contributed by atoms with Gasteiger partial charge in [0.25, 0.3) is 78.6 Å². The van der Waals surface area contributed by atoms with E-state index in [0.717, 1.165) is 12.1 Å². The maximum Gasteiger partial charge on any atom is 0.465 e. The maximum absolute atomic E-state index is 6.40. The van der Waals surface area contributed by atoms with Crippen molar-refractivity contribution in [2.75, 3.05) is 0 Å². The molecule has 0 saturated carbocycles. The van der Waals surface area contributed by atoms with Gasteiger partial charge in [0.15, 0.2) is 18.1 Å². The second-order valence-corrected chi connectivity index (χ2v) is 44.1. The molecule has 3 saturated heterocycles. The second-order valence-electron chi connectivity index (χ2n) is 11.8. The molecule has 12 unspecified atom stereocenters. The van der Waals surface area contributed by atoms with Crippen LogP contribution in [0.4, 0.5) is 0 Å². The Bertz CT molecular complexity index is 813. The quantitative estimate of drug-likeness (QED) is 0.106. The van der Waals surface area contributed by atoms with Gasteiger partial charge in [0.2, 0.25) is 0 Å². The largest absolute Gasteiger partial charge is 0.465 e. The van der Waals surface area contributed by atoms with Crippen molar-refractivity contribution in [3.05, 3.63) is 0 Å². The minimum Gasteiger partial charge on any atom is -0.441 e. The summed E-state index contributed by atoms with van der Waals surface area (Å²) in [6.07, 6.45) is 0.0847. The Hall–Kier alpha value is 2.57. The highest BCUT2D eigenvalue weighted by Crippen LogP contribution is 2.23. The summed E-state index contributed by atoms with van der Waals surface area (Å²) in [6, 6.07) is 2.62. The number of rotatable bonds is 16. The van der Waals surface area contributed by atoms with Crippen LogP contribution < -0.4 is 0 Å². The van der Waals surface area contributed by atoms with Gasteiger partial charge in [-0.15, -0.1) is 0 Å². The summed E-state index contributed by atoms with van der Waals surface area (Å²) >= 11 is 0. The molecule has 32 heteroatoms. The van der Waals surface area contributed by atoms with Crippen molar-refractivity contribution in [1.29, 1.82) is 0 Å². The van der Waals surface area contributed by atoms with Gasteiger partial charge in [-0.2, -0.15) is 0 Å². The fourth-order valence-electron chi connectivity index (χ4n) is 5.07. The molecule has 3 aliphatic heterocycles. The van der Waals surface area contributed by atoms with Crippen LogP contribution in [0.5, 0.6) is 0 Å². The van der Waals surface area contributed by atoms with Crippen molar-refractivity contribution in [3.8, 4) is 0 Å². The second kappa shape index (κ2) is 24.1. The molecule has 0 N–H and O–H groups in total. The molecular weight excluding hydrogens is 873 g/mol. The van der Waals surface area contributed by atoms with Gasteiger partial charge in [0.1, 0.15) is 0 Å². The summed E-state index contributed by atoms with van der Waals surface area (Å²) in [6.45, 7) is 18.6. The van der Waals surface area contributed by atoms with E-state index in [1.54, 1.807) is 0 Å². The number of hydrogen-bond acceptors (Lipinski definition) is 17. The lowest BCUT2D eigenvalue weighted by Gasteiger charge is -2.36.